The van der Waals surface area contributed by atoms with Crippen molar-refractivity contribution in [3.8, 4) is 0 Å². The Morgan fingerprint density at radius 1 is 1.35 bits per heavy atom. The van der Waals surface area contributed by atoms with Crippen LogP contribution in [0, 0.1) is 0 Å². The predicted octanol–water partition coefficient (Wildman–Crippen LogP) is 2.23. The van der Waals surface area contributed by atoms with E-state index in [1.807, 2.05) is 13.8 Å². The van der Waals surface area contributed by atoms with E-state index in [-0.39, 0.29) is 17.6 Å². The molecule has 1 aromatic rings. The third-order valence-corrected chi connectivity index (χ3v) is 2.70. The number of amides is 1. The van der Waals surface area contributed by atoms with Crippen LogP contribution in [0.2, 0.25) is 0 Å². The summed E-state index contributed by atoms with van der Waals surface area (Å²) in [5.74, 6) is -0.153. The quantitative estimate of drug-likeness (QED) is 0.875. The first-order valence-corrected chi connectivity index (χ1v) is 6.09. The maximum absolute atomic E-state index is 12.7. The topological polar surface area (TPSA) is 53.5 Å². The summed E-state index contributed by atoms with van der Waals surface area (Å²) in [6, 6.07) is 3.77. The second-order valence-electron chi connectivity index (χ2n) is 4.79. The number of alkyl halides is 3. The summed E-state index contributed by atoms with van der Waals surface area (Å²) in [6.07, 6.45) is -4.44. The van der Waals surface area contributed by atoms with Gasteiger partial charge in [-0.05, 0) is 31.5 Å². The van der Waals surface area contributed by atoms with Gasteiger partial charge in [-0.25, -0.2) is 4.99 Å². The number of nitrogens with zero attached hydrogens (tertiary/aromatic N) is 1. The van der Waals surface area contributed by atoms with E-state index in [4.69, 9.17) is 0 Å². The highest BCUT2D eigenvalue weighted by molar-refractivity contribution is 6.05. The van der Waals surface area contributed by atoms with Crippen molar-refractivity contribution in [1.29, 1.82) is 0 Å². The van der Waals surface area contributed by atoms with Crippen molar-refractivity contribution in [2.45, 2.75) is 32.1 Å². The number of guanidine groups is 1. The SMILES string of the molecule is CC(C)NC1=NC(c2cccc(C(F)(F)F)c2)C(=O)N1. The number of carbonyl (C=O) groups is 1. The van der Waals surface area contributed by atoms with E-state index in [0.717, 1.165) is 12.1 Å². The lowest BCUT2D eigenvalue weighted by molar-refractivity contribution is -0.137. The summed E-state index contributed by atoms with van der Waals surface area (Å²) >= 11 is 0. The number of aliphatic imine (C=N–C) groups is 1. The molecule has 1 aliphatic heterocycles. The average molecular weight is 285 g/mol. The maximum atomic E-state index is 12.7. The molecule has 1 heterocycles. The van der Waals surface area contributed by atoms with Crippen LogP contribution >= 0.6 is 0 Å². The van der Waals surface area contributed by atoms with Gasteiger partial charge in [0.25, 0.3) is 5.91 Å². The lowest BCUT2D eigenvalue weighted by Crippen LogP contribution is -2.40. The molecule has 0 fully saturated rings. The van der Waals surface area contributed by atoms with E-state index >= 15 is 0 Å². The fourth-order valence-electron chi connectivity index (χ4n) is 1.86. The normalized spacial score (nSPS) is 19.0. The van der Waals surface area contributed by atoms with Crippen molar-refractivity contribution in [1.82, 2.24) is 10.6 Å². The van der Waals surface area contributed by atoms with Gasteiger partial charge in [0.2, 0.25) is 0 Å². The van der Waals surface area contributed by atoms with Crippen molar-refractivity contribution >= 4 is 11.9 Å². The summed E-state index contributed by atoms with van der Waals surface area (Å²) in [6.45, 7) is 3.73. The predicted molar refractivity (Wildman–Crippen MR) is 68.0 cm³/mol. The molecule has 1 amide bonds. The van der Waals surface area contributed by atoms with Gasteiger partial charge in [-0.15, -0.1) is 0 Å². The van der Waals surface area contributed by atoms with Crippen molar-refractivity contribution in [2.75, 3.05) is 0 Å². The Morgan fingerprint density at radius 2 is 2.05 bits per heavy atom. The second-order valence-corrected chi connectivity index (χ2v) is 4.79. The standard InChI is InChI=1S/C13H14F3N3O/c1-7(2)17-12-18-10(11(20)19-12)8-4-3-5-9(6-8)13(14,15)16/h3-7,10H,1-2H3,(H2,17,18,19,20). The third kappa shape index (κ3) is 3.09. The molecule has 20 heavy (non-hydrogen) atoms. The molecule has 1 atom stereocenters. The van der Waals surface area contributed by atoms with Gasteiger partial charge in [0.05, 0.1) is 5.56 Å². The average Bonchev–Trinajstić information content (AvgIpc) is 2.68. The van der Waals surface area contributed by atoms with Crippen LogP contribution in [-0.2, 0) is 11.0 Å². The molecule has 0 aromatic heterocycles. The Bertz CT molecular complexity index is 552. The lowest BCUT2D eigenvalue weighted by Gasteiger charge is -2.10. The summed E-state index contributed by atoms with van der Waals surface area (Å²) in [5.41, 5.74) is -0.568. The highest BCUT2D eigenvalue weighted by Crippen LogP contribution is 2.32. The van der Waals surface area contributed by atoms with Crippen molar-refractivity contribution in [2.24, 2.45) is 4.99 Å². The molecular weight excluding hydrogens is 271 g/mol. The van der Waals surface area contributed by atoms with Gasteiger partial charge in [-0.2, -0.15) is 13.2 Å². The largest absolute Gasteiger partial charge is 0.416 e. The zero-order valence-electron chi connectivity index (χ0n) is 11.0. The number of carbonyl (C=O) groups excluding carboxylic acids is 1. The van der Waals surface area contributed by atoms with E-state index < -0.39 is 23.7 Å². The number of benzene rings is 1. The molecule has 1 aliphatic rings. The molecule has 2 N–H and O–H groups in total. The molecule has 0 bridgehead atoms. The first-order valence-electron chi connectivity index (χ1n) is 6.09. The third-order valence-electron chi connectivity index (χ3n) is 2.70. The minimum absolute atomic E-state index is 0.0642. The van der Waals surface area contributed by atoms with E-state index in [9.17, 15) is 18.0 Å². The molecule has 7 heteroatoms. The van der Waals surface area contributed by atoms with Gasteiger partial charge in [-0.1, -0.05) is 12.1 Å². The van der Waals surface area contributed by atoms with Crippen LogP contribution < -0.4 is 10.6 Å². The minimum atomic E-state index is -4.44. The van der Waals surface area contributed by atoms with Gasteiger partial charge in [0.1, 0.15) is 0 Å². The Labute approximate surface area is 114 Å². The monoisotopic (exact) mass is 285 g/mol. The van der Waals surface area contributed by atoms with Crippen LogP contribution in [0.25, 0.3) is 0 Å². The fourth-order valence-corrected chi connectivity index (χ4v) is 1.86. The Hall–Kier alpha value is -2.05. The smallest absolute Gasteiger partial charge is 0.354 e. The van der Waals surface area contributed by atoms with Gasteiger partial charge in [-0.3, -0.25) is 10.1 Å². The number of rotatable bonds is 2. The van der Waals surface area contributed by atoms with E-state index in [2.05, 4.69) is 15.6 Å². The fraction of sp³-hybridized carbons (Fsp3) is 0.385. The molecule has 0 saturated heterocycles. The van der Waals surface area contributed by atoms with Crippen molar-refractivity contribution in [3.05, 3.63) is 35.4 Å². The van der Waals surface area contributed by atoms with Crippen LogP contribution in [0.3, 0.4) is 0 Å². The summed E-state index contributed by atoms with van der Waals surface area (Å²) in [5, 5.41) is 5.42. The maximum Gasteiger partial charge on any atom is 0.416 e. The van der Waals surface area contributed by atoms with Crippen LogP contribution in [0.4, 0.5) is 13.2 Å². The second kappa shape index (κ2) is 5.15. The molecular formula is C13H14F3N3O. The lowest BCUT2D eigenvalue weighted by atomic mass is 10.0. The summed E-state index contributed by atoms with van der Waals surface area (Å²) in [4.78, 5) is 15.9. The highest BCUT2D eigenvalue weighted by atomic mass is 19.4. The van der Waals surface area contributed by atoms with Crippen molar-refractivity contribution < 1.29 is 18.0 Å². The van der Waals surface area contributed by atoms with Crippen LogP contribution in [0.1, 0.15) is 31.0 Å². The number of halogens is 3. The Morgan fingerprint density at radius 3 is 2.65 bits per heavy atom. The van der Waals surface area contributed by atoms with Gasteiger partial charge >= 0.3 is 6.18 Å². The van der Waals surface area contributed by atoms with Gasteiger partial charge in [0.15, 0.2) is 12.0 Å². The van der Waals surface area contributed by atoms with Gasteiger partial charge in [0, 0.05) is 6.04 Å². The molecule has 0 radical (unpaired) electrons. The number of hydrogen-bond donors (Lipinski definition) is 2. The highest BCUT2D eigenvalue weighted by Gasteiger charge is 2.33. The van der Waals surface area contributed by atoms with Crippen molar-refractivity contribution in [3.63, 3.8) is 0 Å². The minimum Gasteiger partial charge on any atom is -0.354 e. The van der Waals surface area contributed by atoms with E-state index in [1.54, 1.807) is 0 Å². The molecule has 2 rings (SSSR count). The van der Waals surface area contributed by atoms with Gasteiger partial charge < -0.3 is 5.32 Å². The first kappa shape index (κ1) is 14.4. The molecule has 1 unspecified atom stereocenters. The summed E-state index contributed by atoms with van der Waals surface area (Å²) < 4.78 is 38.0. The van der Waals surface area contributed by atoms with E-state index in [1.165, 1.54) is 12.1 Å². The Kier molecular flexibility index (Phi) is 3.69. The van der Waals surface area contributed by atoms with Crippen LogP contribution in [0.5, 0.6) is 0 Å². The zero-order valence-corrected chi connectivity index (χ0v) is 11.0. The molecule has 0 saturated carbocycles. The molecule has 4 nitrogen and oxygen atoms in total. The van der Waals surface area contributed by atoms with Crippen LogP contribution in [-0.4, -0.2) is 17.9 Å². The van der Waals surface area contributed by atoms with Crippen LogP contribution in [0.15, 0.2) is 29.3 Å². The molecule has 1 aromatic carbocycles. The summed E-state index contributed by atoms with van der Waals surface area (Å²) in [7, 11) is 0. The number of hydrogen-bond acceptors (Lipinski definition) is 3. The first-order chi connectivity index (χ1) is 9.27. The number of nitrogens with one attached hydrogen (secondary N) is 2. The molecule has 0 aliphatic carbocycles. The van der Waals surface area contributed by atoms with E-state index in [0.29, 0.717) is 0 Å². The Balaban J connectivity index is 2.28. The molecule has 108 valence electrons. The molecule has 0 spiro atoms. The zero-order chi connectivity index (χ0) is 14.9.